The number of nitriles is 1. The summed E-state index contributed by atoms with van der Waals surface area (Å²) in [6.07, 6.45) is 0. The van der Waals surface area contributed by atoms with E-state index < -0.39 is 5.54 Å². The molecule has 5 heteroatoms. The number of carbonyl (C=O) groups excluding carboxylic acids is 1. The number of hydrogen-bond donors (Lipinski definition) is 1. The molecule has 0 aliphatic rings. The van der Waals surface area contributed by atoms with Gasteiger partial charge in [-0.25, -0.2) is 0 Å². The van der Waals surface area contributed by atoms with E-state index in [4.69, 9.17) is 0 Å². The quantitative estimate of drug-likeness (QED) is 0.877. The minimum atomic E-state index is -0.815. The first-order valence-corrected chi connectivity index (χ1v) is 7.64. The molecular formula is C15H23N3OS. The Kier molecular flexibility index (Phi) is 5.73. The van der Waals surface area contributed by atoms with Crippen LogP contribution in [0.2, 0.25) is 0 Å². The van der Waals surface area contributed by atoms with Crippen LogP contribution in [-0.4, -0.2) is 29.9 Å². The highest BCUT2D eigenvalue weighted by Crippen LogP contribution is 2.23. The SMILES string of the molecule is CC(c1cccs1)N(C)CC(=O)NC(C)(C#N)C(C)C. The van der Waals surface area contributed by atoms with E-state index in [2.05, 4.69) is 24.4 Å². The fraction of sp³-hybridized carbons (Fsp3) is 0.600. The molecule has 0 fully saturated rings. The lowest BCUT2D eigenvalue weighted by Crippen LogP contribution is -2.51. The third kappa shape index (κ3) is 4.06. The van der Waals surface area contributed by atoms with Crippen LogP contribution in [0.3, 0.4) is 0 Å². The highest BCUT2D eigenvalue weighted by atomic mass is 32.1. The molecule has 0 bridgehead atoms. The van der Waals surface area contributed by atoms with Crippen molar-refractivity contribution in [3.63, 3.8) is 0 Å². The Labute approximate surface area is 125 Å². The zero-order chi connectivity index (χ0) is 15.3. The van der Waals surface area contributed by atoms with E-state index in [9.17, 15) is 10.1 Å². The third-order valence-corrected chi connectivity index (χ3v) is 4.84. The average Bonchev–Trinajstić information content (AvgIpc) is 2.90. The van der Waals surface area contributed by atoms with Crippen LogP contribution in [0.15, 0.2) is 17.5 Å². The summed E-state index contributed by atoms with van der Waals surface area (Å²) in [6.45, 7) is 7.98. The van der Waals surface area contributed by atoms with Crippen molar-refractivity contribution in [3.8, 4) is 6.07 Å². The minimum absolute atomic E-state index is 0.0662. The Morgan fingerprint density at radius 1 is 1.55 bits per heavy atom. The van der Waals surface area contributed by atoms with Gasteiger partial charge in [0.1, 0.15) is 5.54 Å². The molecule has 1 rings (SSSR count). The molecule has 0 saturated carbocycles. The highest BCUT2D eigenvalue weighted by molar-refractivity contribution is 7.10. The van der Waals surface area contributed by atoms with Crippen molar-refractivity contribution in [2.75, 3.05) is 13.6 Å². The van der Waals surface area contributed by atoms with Crippen LogP contribution in [-0.2, 0) is 4.79 Å². The predicted octanol–water partition coefficient (Wildman–Crippen LogP) is 2.80. The summed E-state index contributed by atoms with van der Waals surface area (Å²) in [5.74, 6) is -0.0508. The van der Waals surface area contributed by atoms with Crippen LogP contribution in [0.1, 0.15) is 38.6 Å². The first-order chi connectivity index (χ1) is 9.30. The zero-order valence-electron chi connectivity index (χ0n) is 12.8. The van der Waals surface area contributed by atoms with Gasteiger partial charge in [0.15, 0.2) is 0 Å². The first-order valence-electron chi connectivity index (χ1n) is 6.76. The molecule has 110 valence electrons. The van der Waals surface area contributed by atoms with Gasteiger partial charge in [-0.3, -0.25) is 9.69 Å². The van der Waals surface area contributed by atoms with Crippen molar-refractivity contribution in [2.45, 2.75) is 39.3 Å². The van der Waals surface area contributed by atoms with Crippen LogP contribution in [0.5, 0.6) is 0 Å². The van der Waals surface area contributed by atoms with Crippen LogP contribution in [0, 0.1) is 17.2 Å². The van der Waals surface area contributed by atoms with Gasteiger partial charge >= 0.3 is 0 Å². The van der Waals surface area contributed by atoms with Crippen molar-refractivity contribution < 1.29 is 4.79 Å². The van der Waals surface area contributed by atoms with E-state index in [1.54, 1.807) is 18.3 Å². The summed E-state index contributed by atoms with van der Waals surface area (Å²) in [6, 6.07) is 6.46. The topological polar surface area (TPSA) is 56.1 Å². The van der Waals surface area contributed by atoms with Gasteiger partial charge in [-0.15, -0.1) is 11.3 Å². The maximum Gasteiger partial charge on any atom is 0.235 e. The third-order valence-electron chi connectivity index (χ3n) is 3.80. The fourth-order valence-corrected chi connectivity index (χ4v) is 2.59. The van der Waals surface area contributed by atoms with Crippen molar-refractivity contribution in [2.24, 2.45) is 5.92 Å². The Balaban J connectivity index is 2.61. The lowest BCUT2D eigenvalue weighted by atomic mass is 9.90. The molecule has 1 N–H and O–H groups in total. The number of rotatable bonds is 6. The minimum Gasteiger partial charge on any atom is -0.337 e. The second-order valence-electron chi connectivity index (χ2n) is 5.62. The maximum absolute atomic E-state index is 12.1. The first kappa shape index (κ1) is 16.7. The van der Waals surface area contributed by atoms with Crippen molar-refractivity contribution >= 4 is 17.2 Å². The van der Waals surface area contributed by atoms with Gasteiger partial charge < -0.3 is 5.32 Å². The molecule has 20 heavy (non-hydrogen) atoms. The molecule has 0 saturated heterocycles. The second-order valence-corrected chi connectivity index (χ2v) is 6.60. The molecule has 1 amide bonds. The summed E-state index contributed by atoms with van der Waals surface area (Å²) in [4.78, 5) is 15.3. The average molecular weight is 293 g/mol. The van der Waals surface area contributed by atoms with Gasteiger partial charge in [-0.1, -0.05) is 19.9 Å². The Morgan fingerprint density at radius 2 is 2.20 bits per heavy atom. The number of nitrogens with zero attached hydrogens (tertiary/aromatic N) is 2. The van der Waals surface area contributed by atoms with Crippen LogP contribution in [0.25, 0.3) is 0 Å². The molecule has 0 radical (unpaired) electrons. The van der Waals surface area contributed by atoms with Gasteiger partial charge in [0.25, 0.3) is 0 Å². The molecule has 1 aromatic rings. The summed E-state index contributed by atoms with van der Waals surface area (Å²) in [5, 5.41) is 14.1. The van der Waals surface area contributed by atoms with Gasteiger partial charge in [0, 0.05) is 10.9 Å². The molecular weight excluding hydrogens is 270 g/mol. The molecule has 1 heterocycles. The summed E-state index contributed by atoms with van der Waals surface area (Å²) < 4.78 is 0. The van der Waals surface area contributed by atoms with Gasteiger partial charge in [0.05, 0.1) is 12.6 Å². The zero-order valence-corrected chi connectivity index (χ0v) is 13.6. The molecule has 0 aliphatic carbocycles. The van der Waals surface area contributed by atoms with Gasteiger partial charge in [-0.05, 0) is 38.3 Å². The molecule has 2 unspecified atom stereocenters. The Morgan fingerprint density at radius 3 is 2.65 bits per heavy atom. The number of thiophene rings is 1. The van der Waals surface area contributed by atoms with E-state index in [0.717, 1.165) is 0 Å². The molecule has 0 spiro atoms. The number of nitrogens with one attached hydrogen (secondary N) is 1. The van der Waals surface area contributed by atoms with E-state index in [1.165, 1.54) is 4.88 Å². The monoisotopic (exact) mass is 293 g/mol. The largest absolute Gasteiger partial charge is 0.337 e. The Hall–Kier alpha value is -1.38. The number of amides is 1. The van der Waals surface area contributed by atoms with Crippen LogP contribution < -0.4 is 5.32 Å². The molecule has 1 aromatic heterocycles. The van der Waals surface area contributed by atoms with Crippen molar-refractivity contribution in [3.05, 3.63) is 22.4 Å². The maximum atomic E-state index is 12.1. The van der Waals surface area contributed by atoms with E-state index in [0.29, 0.717) is 0 Å². The summed E-state index contributed by atoms with van der Waals surface area (Å²) >= 11 is 1.68. The smallest absolute Gasteiger partial charge is 0.235 e. The van der Waals surface area contributed by atoms with E-state index in [1.807, 2.05) is 37.2 Å². The lowest BCUT2D eigenvalue weighted by Gasteiger charge is -2.29. The number of carbonyl (C=O) groups is 1. The number of likely N-dealkylation sites (N-methyl/N-ethyl adjacent to an activating group) is 1. The predicted molar refractivity (Wildman–Crippen MR) is 82.4 cm³/mol. The highest BCUT2D eigenvalue weighted by Gasteiger charge is 2.30. The molecule has 4 nitrogen and oxygen atoms in total. The van der Waals surface area contributed by atoms with E-state index in [-0.39, 0.29) is 24.4 Å². The summed E-state index contributed by atoms with van der Waals surface area (Å²) in [5.41, 5.74) is -0.815. The molecule has 0 aromatic carbocycles. The van der Waals surface area contributed by atoms with Gasteiger partial charge in [-0.2, -0.15) is 5.26 Å². The lowest BCUT2D eigenvalue weighted by molar-refractivity contribution is -0.124. The molecule has 2 atom stereocenters. The molecule has 0 aliphatic heterocycles. The van der Waals surface area contributed by atoms with Crippen LogP contribution in [0.4, 0.5) is 0 Å². The van der Waals surface area contributed by atoms with Crippen molar-refractivity contribution in [1.82, 2.24) is 10.2 Å². The number of hydrogen-bond acceptors (Lipinski definition) is 4. The summed E-state index contributed by atoms with van der Waals surface area (Å²) in [7, 11) is 1.92. The Bertz CT molecular complexity index is 478. The normalized spacial score (nSPS) is 15.7. The standard InChI is InChI=1S/C15H23N3OS/c1-11(2)15(4,10-16)17-14(19)9-18(5)12(3)13-7-6-8-20-13/h6-8,11-12H,9H2,1-5H3,(H,17,19). The van der Waals surface area contributed by atoms with E-state index >= 15 is 0 Å². The fourth-order valence-electron chi connectivity index (χ4n) is 1.74. The van der Waals surface area contributed by atoms with Gasteiger partial charge in [0.2, 0.25) is 5.91 Å². The second kappa shape index (κ2) is 6.87. The van der Waals surface area contributed by atoms with Crippen molar-refractivity contribution in [1.29, 1.82) is 5.26 Å². The van der Waals surface area contributed by atoms with Crippen LogP contribution >= 0.6 is 11.3 Å².